The van der Waals surface area contributed by atoms with Gasteiger partial charge in [0.05, 0.1) is 22.0 Å². The fourth-order valence-corrected chi connectivity index (χ4v) is 7.47. The molecule has 0 N–H and O–H groups in total. The number of hydrogen-bond donors (Lipinski definition) is 0. The second-order valence-corrected chi connectivity index (χ2v) is 10.5. The third-order valence-electron chi connectivity index (χ3n) is 8.58. The molecule has 166 valence electrons. The van der Waals surface area contributed by atoms with Crippen LogP contribution in [-0.2, 0) is 9.59 Å². The van der Waals surface area contributed by atoms with Crippen LogP contribution in [0.4, 0.5) is 5.69 Å². The van der Waals surface area contributed by atoms with Crippen molar-refractivity contribution in [2.45, 2.75) is 12.8 Å². The van der Waals surface area contributed by atoms with Gasteiger partial charge in [-0.15, -0.1) is 0 Å². The van der Waals surface area contributed by atoms with Crippen LogP contribution in [0.25, 0.3) is 0 Å². The summed E-state index contributed by atoms with van der Waals surface area (Å²) < 4.78 is 5.60. The van der Waals surface area contributed by atoms with Crippen molar-refractivity contribution in [2.75, 3.05) is 11.5 Å². The summed E-state index contributed by atoms with van der Waals surface area (Å²) in [5.41, 5.74) is 0.407. The van der Waals surface area contributed by atoms with Gasteiger partial charge < -0.3 is 4.74 Å². The van der Waals surface area contributed by atoms with Crippen molar-refractivity contribution in [1.82, 2.24) is 4.98 Å². The first kappa shape index (κ1) is 19.7. The minimum atomic E-state index is -0.506. The second-order valence-electron chi connectivity index (χ2n) is 9.72. The highest BCUT2D eigenvalue weighted by Gasteiger charge is 2.97. The zero-order chi connectivity index (χ0) is 22.7. The lowest BCUT2D eigenvalue weighted by atomic mass is 9.75. The lowest BCUT2D eigenvalue weighted by Gasteiger charge is -2.25. The Morgan fingerprint density at radius 3 is 2.73 bits per heavy atom. The van der Waals surface area contributed by atoms with Crippen molar-refractivity contribution in [3.8, 4) is 5.75 Å². The highest BCUT2D eigenvalue weighted by Crippen LogP contribution is 2.95. The van der Waals surface area contributed by atoms with Gasteiger partial charge in [-0.1, -0.05) is 35.4 Å². The van der Waals surface area contributed by atoms with E-state index in [1.807, 2.05) is 0 Å². The molecule has 8 heteroatoms. The third kappa shape index (κ3) is 2.26. The number of rotatable bonds is 5. The summed E-state index contributed by atoms with van der Waals surface area (Å²) in [6.07, 6.45) is 7.67. The van der Waals surface area contributed by atoms with Gasteiger partial charge in [0.15, 0.2) is 6.61 Å². The number of allylic oxidation sites excluding steroid dienone is 2. The van der Waals surface area contributed by atoms with E-state index >= 15 is 0 Å². The number of aromatic nitrogens is 1. The van der Waals surface area contributed by atoms with Crippen LogP contribution in [0, 0.1) is 34.5 Å². The van der Waals surface area contributed by atoms with Crippen molar-refractivity contribution in [3.05, 3.63) is 64.4 Å². The monoisotopic (exact) mass is 480 g/mol. The zero-order valence-electron chi connectivity index (χ0n) is 17.3. The second kappa shape index (κ2) is 6.24. The van der Waals surface area contributed by atoms with Crippen molar-refractivity contribution in [2.24, 2.45) is 34.5 Å². The number of imide groups is 1. The van der Waals surface area contributed by atoms with Crippen LogP contribution in [0.5, 0.6) is 5.75 Å². The summed E-state index contributed by atoms with van der Waals surface area (Å²) in [7, 11) is 0. The number of benzene rings is 1. The molecule has 0 radical (unpaired) electrons. The van der Waals surface area contributed by atoms with Gasteiger partial charge in [-0.05, 0) is 66.3 Å². The Morgan fingerprint density at radius 2 is 1.97 bits per heavy atom. The number of pyridine rings is 1. The molecule has 1 aromatic carbocycles. The van der Waals surface area contributed by atoms with Gasteiger partial charge >= 0.3 is 0 Å². The molecule has 2 heterocycles. The predicted octanol–water partition coefficient (Wildman–Crippen LogP) is 4.35. The summed E-state index contributed by atoms with van der Waals surface area (Å²) in [6, 6.07) is 8.21. The number of ether oxygens (including phenoxy) is 1. The molecule has 2 amide bonds. The molecule has 3 saturated carbocycles. The molecule has 2 spiro atoms. The Balaban J connectivity index is 1.09. The number of amides is 2. The van der Waals surface area contributed by atoms with Gasteiger partial charge in [-0.25, -0.2) is 9.88 Å². The molecular weight excluding hydrogens is 463 g/mol. The largest absolute Gasteiger partial charge is 0.485 e. The van der Waals surface area contributed by atoms with E-state index in [1.165, 1.54) is 17.2 Å². The predicted molar refractivity (Wildman–Crippen MR) is 120 cm³/mol. The van der Waals surface area contributed by atoms with Crippen LogP contribution < -0.4 is 9.64 Å². The molecule has 4 aliphatic carbocycles. The number of hydrogen-bond acceptors (Lipinski definition) is 5. The van der Waals surface area contributed by atoms with E-state index in [4.69, 9.17) is 27.9 Å². The lowest BCUT2D eigenvalue weighted by Crippen LogP contribution is -2.31. The molecule has 1 saturated heterocycles. The summed E-state index contributed by atoms with van der Waals surface area (Å²) in [5.74, 6) is 1.10. The molecule has 5 aliphatic rings. The SMILES string of the molecule is O=C(COc1ccc(N2C(=O)C3CC4C=CC5C6(CC46)C35C2=O)cc1)c1cnc(Cl)c(Cl)c1. The Bertz CT molecular complexity index is 1310. The average Bonchev–Trinajstić information content (AvgIpc) is 3.69. The third-order valence-corrected chi connectivity index (χ3v) is 9.26. The minimum Gasteiger partial charge on any atom is -0.485 e. The van der Waals surface area contributed by atoms with Crippen LogP contribution in [0.3, 0.4) is 0 Å². The van der Waals surface area contributed by atoms with Gasteiger partial charge in [0, 0.05) is 11.8 Å². The molecule has 33 heavy (non-hydrogen) atoms. The van der Waals surface area contributed by atoms with Crippen molar-refractivity contribution >= 4 is 46.5 Å². The van der Waals surface area contributed by atoms with E-state index in [-0.39, 0.29) is 51.6 Å². The topological polar surface area (TPSA) is 76.6 Å². The molecule has 2 aromatic rings. The first-order chi connectivity index (χ1) is 15.9. The van der Waals surface area contributed by atoms with Gasteiger partial charge in [0.1, 0.15) is 10.9 Å². The Morgan fingerprint density at radius 1 is 1.18 bits per heavy atom. The standard InChI is InChI=1S/C25H18Cl2N2O4/c26-18-8-13(10-28-21(18)27)19(30)11-33-15-4-2-14(3-5-15)29-22(31)16-7-12-1-6-20-24(9-17(12)24)25(16,20)23(29)32/h1-6,8,10,12,16-17,20H,7,9,11H2. The normalized spacial score (nSPS) is 36.4. The molecule has 6 nitrogen and oxygen atoms in total. The number of anilines is 1. The Labute approximate surface area is 199 Å². The number of halogens is 2. The molecule has 6 unspecified atom stereocenters. The highest BCUT2D eigenvalue weighted by molar-refractivity contribution is 6.41. The number of ketones is 1. The molecule has 4 fully saturated rings. The van der Waals surface area contributed by atoms with Crippen molar-refractivity contribution in [1.29, 1.82) is 0 Å². The molecule has 1 aliphatic heterocycles. The highest BCUT2D eigenvalue weighted by atomic mass is 35.5. The van der Waals surface area contributed by atoms with E-state index in [1.54, 1.807) is 24.3 Å². The molecule has 2 bridgehead atoms. The van der Waals surface area contributed by atoms with E-state index in [0.29, 0.717) is 28.8 Å². The van der Waals surface area contributed by atoms with E-state index < -0.39 is 5.41 Å². The Hall–Kier alpha value is -2.70. The lowest BCUT2D eigenvalue weighted by molar-refractivity contribution is -0.123. The maximum atomic E-state index is 13.6. The summed E-state index contributed by atoms with van der Waals surface area (Å²) in [5, 5.41) is 0.332. The summed E-state index contributed by atoms with van der Waals surface area (Å²) in [6.45, 7) is -0.203. The first-order valence-corrected chi connectivity index (χ1v) is 11.8. The fourth-order valence-electron chi connectivity index (χ4n) is 7.20. The van der Waals surface area contributed by atoms with Crippen LogP contribution >= 0.6 is 23.2 Å². The van der Waals surface area contributed by atoms with E-state index in [9.17, 15) is 14.4 Å². The fraction of sp³-hybridized carbons (Fsp3) is 0.360. The molecule has 6 atom stereocenters. The van der Waals surface area contributed by atoms with Crippen molar-refractivity contribution < 1.29 is 19.1 Å². The van der Waals surface area contributed by atoms with Gasteiger partial charge in [-0.2, -0.15) is 0 Å². The van der Waals surface area contributed by atoms with E-state index in [0.717, 1.165) is 12.8 Å². The number of carbonyl (C=O) groups excluding carboxylic acids is 3. The molecule has 7 rings (SSSR count). The minimum absolute atomic E-state index is 0.0361. The summed E-state index contributed by atoms with van der Waals surface area (Å²) >= 11 is 11.7. The van der Waals surface area contributed by atoms with Crippen LogP contribution in [-0.4, -0.2) is 29.2 Å². The zero-order valence-corrected chi connectivity index (χ0v) is 18.8. The van der Waals surface area contributed by atoms with Crippen LogP contribution in [0.15, 0.2) is 48.7 Å². The van der Waals surface area contributed by atoms with Gasteiger partial charge in [0.2, 0.25) is 17.6 Å². The number of Topliss-reactive ketones (excluding diaryl/α,β-unsaturated/α-hetero) is 1. The maximum Gasteiger partial charge on any atom is 0.242 e. The van der Waals surface area contributed by atoms with E-state index in [2.05, 4.69) is 17.1 Å². The number of nitrogens with zero attached hydrogens (tertiary/aromatic N) is 2. The van der Waals surface area contributed by atoms with Gasteiger partial charge in [-0.3, -0.25) is 14.4 Å². The van der Waals surface area contributed by atoms with Crippen LogP contribution in [0.2, 0.25) is 10.2 Å². The molecular formula is C25H18Cl2N2O4. The number of carbonyl (C=O) groups is 3. The quantitative estimate of drug-likeness (QED) is 0.275. The summed E-state index contributed by atoms with van der Waals surface area (Å²) in [4.78, 5) is 44.6. The van der Waals surface area contributed by atoms with Crippen LogP contribution in [0.1, 0.15) is 23.2 Å². The van der Waals surface area contributed by atoms with Gasteiger partial charge in [0.25, 0.3) is 0 Å². The van der Waals surface area contributed by atoms with Crippen molar-refractivity contribution in [3.63, 3.8) is 0 Å². The maximum absolute atomic E-state index is 13.6. The average molecular weight is 481 g/mol. The molecule has 1 aromatic heterocycles. The Kier molecular flexibility index (Phi) is 3.74. The first-order valence-electron chi connectivity index (χ1n) is 11.0. The smallest absolute Gasteiger partial charge is 0.242 e.